The Hall–Kier alpha value is -1.91. The van der Waals surface area contributed by atoms with Gasteiger partial charge in [-0.15, -0.1) is 0 Å². The zero-order chi connectivity index (χ0) is 22.5. The fourth-order valence-corrected chi connectivity index (χ4v) is 5.95. The predicted octanol–water partition coefficient (Wildman–Crippen LogP) is 4.58. The third kappa shape index (κ3) is 5.90. The van der Waals surface area contributed by atoms with Gasteiger partial charge in [0.2, 0.25) is 5.91 Å². The summed E-state index contributed by atoms with van der Waals surface area (Å²) in [4.78, 5) is 14.2. The SMILES string of the molecule is Cc1cccc(C[C@@H](O)/C=C/[C@@H]2[C@H]3CC(CCCCC(=O)N4CCCC4)=C[C@H]3C[C@H]2O)c1. The Labute approximate surface area is 193 Å². The lowest BCUT2D eigenvalue weighted by molar-refractivity contribution is -0.130. The molecule has 2 aliphatic carbocycles. The summed E-state index contributed by atoms with van der Waals surface area (Å²) in [5.41, 5.74) is 3.84. The number of aryl methyl sites for hydroxylation is 1. The Morgan fingerprint density at radius 3 is 2.84 bits per heavy atom. The van der Waals surface area contributed by atoms with Crippen molar-refractivity contribution in [3.05, 3.63) is 59.2 Å². The van der Waals surface area contributed by atoms with Crippen molar-refractivity contribution >= 4 is 5.91 Å². The fraction of sp³-hybridized carbons (Fsp3) is 0.607. The number of likely N-dealkylation sites (tertiary alicyclic amines) is 1. The molecule has 1 saturated carbocycles. The molecule has 5 atom stereocenters. The third-order valence-electron chi connectivity index (χ3n) is 7.63. The average molecular weight is 438 g/mol. The van der Waals surface area contributed by atoms with Crippen molar-refractivity contribution in [3.63, 3.8) is 0 Å². The summed E-state index contributed by atoms with van der Waals surface area (Å²) in [5.74, 6) is 1.36. The van der Waals surface area contributed by atoms with E-state index in [1.54, 1.807) is 0 Å². The maximum Gasteiger partial charge on any atom is 0.222 e. The molecule has 32 heavy (non-hydrogen) atoms. The van der Waals surface area contributed by atoms with Gasteiger partial charge in [-0.1, -0.05) is 53.6 Å². The van der Waals surface area contributed by atoms with Crippen molar-refractivity contribution in [2.75, 3.05) is 13.1 Å². The minimum absolute atomic E-state index is 0.123. The minimum Gasteiger partial charge on any atom is -0.392 e. The number of carbonyl (C=O) groups is 1. The Bertz CT molecular complexity index is 839. The van der Waals surface area contributed by atoms with Crippen molar-refractivity contribution in [2.45, 2.75) is 76.9 Å². The van der Waals surface area contributed by atoms with Crippen LogP contribution in [-0.4, -0.2) is 46.3 Å². The normalized spacial score (nSPS) is 28.3. The van der Waals surface area contributed by atoms with Gasteiger partial charge in [0.25, 0.3) is 0 Å². The Balaban J connectivity index is 1.22. The van der Waals surface area contributed by atoms with E-state index >= 15 is 0 Å². The highest BCUT2D eigenvalue weighted by Gasteiger charge is 2.43. The molecule has 3 aliphatic rings. The number of hydrogen-bond acceptors (Lipinski definition) is 3. The van der Waals surface area contributed by atoms with Crippen molar-refractivity contribution in [1.29, 1.82) is 0 Å². The highest BCUT2D eigenvalue weighted by atomic mass is 16.3. The molecular weight excluding hydrogens is 398 g/mol. The first-order chi connectivity index (χ1) is 15.5. The van der Waals surface area contributed by atoms with E-state index in [1.165, 1.54) is 11.1 Å². The molecule has 4 nitrogen and oxygen atoms in total. The minimum atomic E-state index is -0.523. The second kappa shape index (κ2) is 10.8. The first kappa shape index (κ1) is 23.3. The van der Waals surface area contributed by atoms with Crippen LogP contribution in [0.1, 0.15) is 62.5 Å². The lowest BCUT2D eigenvalue weighted by Gasteiger charge is -2.19. The third-order valence-corrected chi connectivity index (χ3v) is 7.63. The van der Waals surface area contributed by atoms with E-state index in [0.717, 1.165) is 63.6 Å². The number of carbonyl (C=O) groups excluding carboxylic acids is 1. The number of hydrogen-bond donors (Lipinski definition) is 2. The molecule has 1 aromatic carbocycles. The van der Waals surface area contributed by atoms with Crippen LogP contribution in [0.15, 0.2) is 48.1 Å². The average Bonchev–Trinajstić information content (AvgIpc) is 3.47. The van der Waals surface area contributed by atoms with Crippen molar-refractivity contribution in [3.8, 4) is 0 Å². The number of benzene rings is 1. The summed E-state index contributed by atoms with van der Waals surface area (Å²) in [5, 5.41) is 21.1. The van der Waals surface area contributed by atoms with Gasteiger partial charge in [-0.05, 0) is 69.3 Å². The van der Waals surface area contributed by atoms with Gasteiger partial charge in [0.1, 0.15) is 0 Å². The van der Waals surface area contributed by atoms with Crippen LogP contribution in [0, 0.1) is 24.7 Å². The zero-order valence-electron chi connectivity index (χ0n) is 19.5. The first-order valence-corrected chi connectivity index (χ1v) is 12.6. The van der Waals surface area contributed by atoms with Crippen LogP contribution < -0.4 is 0 Å². The summed E-state index contributed by atoms with van der Waals surface area (Å²) in [6.45, 7) is 3.96. The number of aliphatic hydroxyl groups excluding tert-OH is 2. The summed E-state index contributed by atoms with van der Waals surface area (Å²) < 4.78 is 0. The molecule has 0 radical (unpaired) electrons. The van der Waals surface area contributed by atoms with Crippen LogP contribution in [0.3, 0.4) is 0 Å². The van der Waals surface area contributed by atoms with E-state index in [1.807, 2.05) is 17.0 Å². The molecule has 2 fully saturated rings. The van der Waals surface area contributed by atoms with Gasteiger partial charge < -0.3 is 15.1 Å². The molecule has 1 saturated heterocycles. The van der Waals surface area contributed by atoms with Crippen LogP contribution in [-0.2, 0) is 11.2 Å². The summed E-state index contributed by atoms with van der Waals surface area (Å²) >= 11 is 0. The van der Waals surface area contributed by atoms with E-state index in [0.29, 0.717) is 30.6 Å². The second-order valence-corrected chi connectivity index (χ2v) is 10.2. The topological polar surface area (TPSA) is 60.8 Å². The lowest BCUT2D eigenvalue weighted by Crippen LogP contribution is -2.27. The second-order valence-electron chi connectivity index (χ2n) is 10.2. The fourth-order valence-electron chi connectivity index (χ4n) is 5.95. The number of rotatable bonds is 9. The van der Waals surface area contributed by atoms with Gasteiger partial charge >= 0.3 is 0 Å². The molecule has 1 amide bonds. The molecule has 0 unspecified atom stereocenters. The lowest BCUT2D eigenvalue weighted by atomic mass is 9.88. The summed E-state index contributed by atoms with van der Waals surface area (Å²) in [7, 11) is 0. The number of unbranched alkanes of at least 4 members (excludes halogenated alkanes) is 1. The molecule has 0 aromatic heterocycles. The Morgan fingerprint density at radius 2 is 2.06 bits per heavy atom. The maximum absolute atomic E-state index is 12.2. The smallest absolute Gasteiger partial charge is 0.222 e. The molecule has 1 heterocycles. The molecule has 4 heteroatoms. The van der Waals surface area contributed by atoms with Gasteiger partial charge in [0.05, 0.1) is 12.2 Å². The van der Waals surface area contributed by atoms with Gasteiger partial charge in [-0.3, -0.25) is 4.79 Å². The van der Waals surface area contributed by atoms with Gasteiger partial charge in [0.15, 0.2) is 0 Å². The quantitative estimate of drug-likeness (QED) is 0.439. The molecular formula is C28H39NO3. The van der Waals surface area contributed by atoms with E-state index in [9.17, 15) is 15.0 Å². The zero-order valence-corrected chi connectivity index (χ0v) is 19.5. The maximum atomic E-state index is 12.2. The summed E-state index contributed by atoms with van der Waals surface area (Å²) in [6.07, 6.45) is 14.1. The van der Waals surface area contributed by atoms with Crippen LogP contribution in [0.25, 0.3) is 0 Å². The van der Waals surface area contributed by atoms with Gasteiger partial charge in [0, 0.05) is 31.8 Å². The number of nitrogens with zero attached hydrogens (tertiary/aromatic N) is 1. The number of amides is 1. The molecule has 1 aliphatic heterocycles. The van der Waals surface area contributed by atoms with Crippen molar-refractivity contribution < 1.29 is 15.0 Å². The molecule has 0 bridgehead atoms. The first-order valence-electron chi connectivity index (χ1n) is 12.6. The number of aliphatic hydroxyl groups is 2. The monoisotopic (exact) mass is 437 g/mol. The Morgan fingerprint density at radius 1 is 1.25 bits per heavy atom. The van der Waals surface area contributed by atoms with Crippen LogP contribution in [0.5, 0.6) is 0 Å². The molecule has 174 valence electrons. The highest BCUT2D eigenvalue weighted by molar-refractivity contribution is 5.76. The van der Waals surface area contributed by atoms with Gasteiger partial charge in [-0.25, -0.2) is 0 Å². The number of fused-ring (bicyclic) bond motifs is 1. The van der Waals surface area contributed by atoms with Crippen LogP contribution in [0.4, 0.5) is 0 Å². The van der Waals surface area contributed by atoms with Crippen molar-refractivity contribution in [2.24, 2.45) is 17.8 Å². The van der Waals surface area contributed by atoms with E-state index in [-0.39, 0.29) is 12.0 Å². The largest absolute Gasteiger partial charge is 0.392 e. The molecule has 2 N–H and O–H groups in total. The molecule has 4 rings (SSSR count). The van der Waals surface area contributed by atoms with E-state index in [2.05, 4.69) is 37.3 Å². The summed E-state index contributed by atoms with van der Waals surface area (Å²) in [6, 6.07) is 8.26. The molecule has 0 spiro atoms. The number of allylic oxidation sites excluding steroid dienone is 2. The predicted molar refractivity (Wildman–Crippen MR) is 128 cm³/mol. The van der Waals surface area contributed by atoms with Crippen LogP contribution >= 0.6 is 0 Å². The van der Waals surface area contributed by atoms with Crippen molar-refractivity contribution in [1.82, 2.24) is 4.90 Å². The highest BCUT2D eigenvalue weighted by Crippen LogP contribution is 2.48. The Kier molecular flexibility index (Phi) is 7.85. The van der Waals surface area contributed by atoms with E-state index < -0.39 is 6.10 Å². The molecule has 1 aromatic rings. The van der Waals surface area contributed by atoms with E-state index in [4.69, 9.17) is 0 Å². The van der Waals surface area contributed by atoms with Crippen LogP contribution in [0.2, 0.25) is 0 Å². The standard InChI is InChI=1S/C28H39NO3/c1-20-7-6-9-21(15-20)17-24(30)11-12-25-26-18-22(16-23(26)19-27(25)31)8-2-3-10-28(32)29-13-4-5-14-29/h6-7,9,11-12,15-16,23-27,30-31H,2-5,8,10,13-14,17-19H2,1H3/b12-11+/t23-,24-,25+,26-,27+/m0/s1. The van der Waals surface area contributed by atoms with Gasteiger partial charge in [-0.2, -0.15) is 0 Å².